The molecule has 4 nitrogen and oxygen atoms in total. The van der Waals surface area contributed by atoms with Gasteiger partial charge in [0.15, 0.2) is 0 Å². The molecule has 2 heterocycles. The van der Waals surface area contributed by atoms with Gasteiger partial charge in [-0.1, -0.05) is 0 Å². The zero-order valence-electron chi connectivity index (χ0n) is 8.81. The normalized spacial score (nSPS) is 10.6. The van der Waals surface area contributed by atoms with Crippen molar-refractivity contribution in [2.75, 3.05) is 6.61 Å². The number of aromatic nitrogens is 2. The molecule has 0 N–H and O–H groups in total. The standard InChI is InChI=1S/C11H11BrN2O2/c1-2-16-11(15)5-10-13-6-9-4-3-8(12)7-14(9)10/h3-4,6-7H,2,5H2,1H3. The lowest BCUT2D eigenvalue weighted by atomic mass is 10.4. The predicted octanol–water partition coefficient (Wildman–Crippen LogP) is 2.20. The van der Waals surface area contributed by atoms with Gasteiger partial charge in [0.2, 0.25) is 0 Å². The molecule has 0 amide bonds. The van der Waals surface area contributed by atoms with E-state index in [4.69, 9.17) is 4.74 Å². The van der Waals surface area contributed by atoms with E-state index in [0.717, 1.165) is 9.99 Å². The highest BCUT2D eigenvalue weighted by molar-refractivity contribution is 9.10. The summed E-state index contributed by atoms with van der Waals surface area (Å²) in [6.07, 6.45) is 3.82. The van der Waals surface area contributed by atoms with Crippen molar-refractivity contribution in [1.29, 1.82) is 0 Å². The second-order valence-electron chi connectivity index (χ2n) is 3.30. The quantitative estimate of drug-likeness (QED) is 0.811. The molecule has 16 heavy (non-hydrogen) atoms. The van der Waals surface area contributed by atoms with Gasteiger partial charge in [-0.25, -0.2) is 4.98 Å². The van der Waals surface area contributed by atoms with Crippen LogP contribution >= 0.6 is 15.9 Å². The largest absolute Gasteiger partial charge is 0.466 e. The SMILES string of the molecule is CCOC(=O)Cc1ncc2ccc(Br)cn12. The molecule has 0 aliphatic rings. The molecule has 0 unspecified atom stereocenters. The van der Waals surface area contributed by atoms with Crippen LogP contribution in [0.1, 0.15) is 12.7 Å². The summed E-state index contributed by atoms with van der Waals surface area (Å²) in [6.45, 7) is 2.18. The lowest BCUT2D eigenvalue weighted by Crippen LogP contribution is -2.10. The van der Waals surface area contributed by atoms with E-state index in [1.807, 2.05) is 22.7 Å². The van der Waals surface area contributed by atoms with Gasteiger partial charge in [-0.2, -0.15) is 0 Å². The number of rotatable bonds is 3. The van der Waals surface area contributed by atoms with E-state index in [1.54, 1.807) is 13.1 Å². The van der Waals surface area contributed by atoms with Crippen molar-refractivity contribution in [2.24, 2.45) is 0 Å². The summed E-state index contributed by atoms with van der Waals surface area (Å²) in [5, 5.41) is 0. The third-order valence-corrected chi connectivity index (χ3v) is 2.64. The molecule has 0 spiro atoms. The summed E-state index contributed by atoms with van der Waals surface area (Å²) in [5.41, 5.74) is 0.961. The molecule has 84 valence electrons. The highest BCUT2D eigenvalue weighted by Crippen LogP contribution is 2.14. The minimum atomic E-state index is -0.255. The maximum Gasteiger partial charge on any atom is 0.313 e. The average molecular weight is 283 g/mol. The van der Waals surface area contributed by atoms with Crippen LogP contribution in [-0.4, -0.2) is 22.0 Å². The smallest absolute Gasteiger partial charge is 0.313 e. The Labute approximate surface area is 101 Å². The molecule has 0 bridgehead atoms. The number of carbonyl (C=O) groups excluding carboxylic acids is 1. The summed E-state index contributed by atoms with van der Waals surface area (Å²) >= 11 is 3.38. The minimum Gasteiger partial charge on any atom is -0.466 e. The van der Waals surface area contributed by atoms with Crippen molar-refractivity contribution >= 4 is 27.4 Å². The number of nitrogens with zero attached hydrogens (tertiary/aromatic N) is 2. The molecular formula is C11H11BrN2O2. The van der Waals surface area contributed by atoms with Crippen LogP contribution in [0, 0.1) is 0 Å². The van der Waals surface area contributed by atoms with Crippen molar-refractivity contribution in [1.82, 2.24) is 9.38 Å². The van der Waals surface area contributed by atoms with Crippen molar-refractivity contribution in [2.45, 2.75) is 13.3 Å². The number of carbonyl (C=O) groups is 1. The first-order valence-electron chi connectivity index (χ1n) is 4.98. The van der Waals surface area contributed by atoms with E-state index in [0.29, 0.717) is 12.4 Å². The monoisotopic (exact) mass is 282 g/mol. The zero-order chi connectivity index (χ0) is 11.5. The molecule has 0 saturated carbocycles. The third kappa shape index (κ3) is 2.24. The minimum absolute atomic E-state index is 0.193. The maximum absolute atomic E-state index is 11.4. The predicted molar refractivity (Wildman–Crippen MR) is 63.2 cm³/mol. The summed E-state index contributed by atoms with van der Waals surface area (Å²) in [4.78, 5) is 15.6. The highest BCUT2D eigenvalue weighted by atomic mass is 79.9. The fourth-order valence-electron chi connectivity index (χ4n) is 1.49. The van der Waals surface area contributed by atoms with Gasteiger partial charge in [0, 0.05) is 10.7 Å². The van der Waals surface area contributed by atoms with E-state index in [1.165, 1.54) is 0 Å². The van der Waals surface area contributed by atoms with E-state index in [-0.39, 0.29) is 12.4 Å². The molecule has 0 aliphatic carbocycles. The third-order valence-electron chi connectivity index (χ3n) is 2.18. The van der Waals surface area contributed by atoms with Crippen LogP contribution in [0.15, 0.2) is 29.0 Å². The van der Waals surface area contributed by atoms with E-state index in [2.05, 4.69) is 20.9 Å². The molecule has 0 fully saturated rings. The molecule has 2 aromatic heterocycles. The van der Waals surface area contributed by atoms with Crippen LogP contribution in [0.5, 0.6) is 0 Å². The van der Waals surface area contributed by atoms with Crippen LogP contribution in [-0.2, 0) is 16.0 Å². The Balaban J connectivity index is 2.30. The second kappa shape index (κ2) is 4.65. The van der Waals surface area contributed by atoms with Crippen LogP contribution in [0.4, 0.5) is 0 Å². The highest BCUT2D eigenvalue weighted by Gasteiger charge is 2.09. The Morgan fingerprint density at radius 3 is 3.12 bits per heavy atom. The molecule has 2 aromatic rings. The Morgan fingerprint density at radius 2 is 2.38 bits per heavy atom. The Hall–Kier alpha value is -1.36. The number of fused-ring (bicyclic) bond motifs is 1. The number of esters is 1. The van der Waals surface area contributed by atoms with E-state index >= 15 is 0 Å². The topological polar surface area (TPSA) is 43.6 Å². The molecule has 0 aliphatic heterocycles. The second-order valence-corrected chi connectivity index (χ2v) is 4.21. The lowest BCUT2D eigenvalue weighted by molar-refractivity contribution is -0.142. The average Bonchev–Trinajstić information content (AvgIpc) is 2.61. The number of imidazole rings is 1. The van der Waals surface area contributed by atoms with Gasteiger partial charge in [-0.05, 0) is 35.0 Å². The van der Waals surface area contributed by atoms with Crippen molar-refractivity contribution in [3.05, 3.63) is 34.8 Å². The first kappa shape index (κ1) is 11.1. The number of hydrogen-bond acceptors (Lipinski definition) is 3. The van der Waals surface area contributed by atoms with Gasteiger partial charge in [0.1, 0.15) is 12.2 Å². The molecular weight excluding hydrogens is 272 g/mol. The summed E-state index contributed by atoms with van der Waals surface area (Å²) in [7, 11) is 0. The molecule has 2 rings (SSSR count). The fourth-order valence-corrected chi connectivity index (χ4v) is 1.83. The summed E-state index contributed by atoms with van der Waals surface area (Å²) in [5.74, 6) is 0.435. The van der Waals surface area contributed by atoms with Gasteiger partial charge in [0.05, 0.1) is 18.3 Å². The van der Waals surface area contributed by atoms with Crippen molar-refractivity contribution in [3.63, 3.8) is 0 Å². The number of pyridine rings is 1. The Morgan fingerprint density at radius 1 is 1.56 bits per heavy atom. The van der Waals surface area contributed by atoms with Gasteiger partial charge >= 0.3 is 5.97 Å². The number of hydrogen-bond donors (Lipinski definition) is 0. The Bertz CT molecular complexity index is 522. The fraction of sp³-hybridized carbons (Fsp3) is 0.273. The zero-order valence-corrected chi connectivity index (χ0v) is 10.4. The molecule has 0 atom stereocenters. The van der Waals surface area contributed by atoms with Gasteiger partial charge in [0.25, 0.3) is 0 Å². The lowest BCUT2D eigenvalue weighted by Gasteiger charge is -2.02. The maximum atomic E-state index is 11.4. The van der Waals surface area contributed by atoms with Crippen molar-refractivity contribution < 1.29 is 9.53 Å². The van der Waals surface area contributed by atoms with Crippen LogP contribution in [0.2, 0.25) is 0 Å². The molecule has 5 heteroatoms. The van der Waals surface area contributed by atoms with Crippen LogP contribution in [0.3, 0.4) is 0 Å². The van der Waals surface area contributed by atoms with E-state index in [9.17, 15) is 4.79 Å². The first-order valence-corrected chi connectivity index (χ1v) is 5.77. The van der Waals surface area contributed by atoms with Crippen LogP contribution in [0.25, 0.3) is 5.52 Å². The summed E-state index contributed by atoms with van der Waals surface area (Å²) < 4.78 is 7.71. The van der Waals surface area contributed by atoms with E-state index < -0.39 is 0 Å². The molecule has 0 saturated heterocycles. The van der Waals surface area contributed by atoms with Gasteiger partial charge in [-0.3, -0.25) is 4.79 Å². The molecule has 0 radical (unpaired) electrons. The number of halogens is 1. The molecule has 0 aromatic carbocycles. The summed E-state index contributed by atoms with van der Waals surface area (Å²) in [6, 6.07) is 3.87. The Kier molecular flexibility index (Phi) is 3.24. The van der Waals surface area contributed by atoms with Crippen LogP contribution < -0.4 is 0 Å². The van der Waals surface area contributed by atoms with Gasteiger partial charge < -0.3 is 9.14 Å². The van der Waals surface area contributed by atoms with Gasteiger partial charge in [-0.15, -0.1) is 0 Å². The van der Waals surface area contributed by atoms with Crippen molar-refractivity contribution in [3.8, 4) is 0 Å². The first-order chi connectivity index (χ1) is 7.70. The number of ether oxygens (including phenoxy) is 1.